The molecular formula is C27H29ClN4O. The lowest BCUT2D eigenvalue weighted by Crippen LogP contribution is -2.49. The minimum Gasteiger partial charge on any atom is -0.497 e. The highest BCUT2D eigenvalue weighted by Crippen LogP contribution is 2.29. The number of ether oxygens (including phenoxy) is 1. The molecule has 1 atom stereocenters. The number of nitrogens with one attached hydrogen (secondary N) is 2. The number of nitrogens with zero attached hydrogens (tertiary/aromatic N) is 2. The lowest BCUT2D eigenvalue weighted by molar-refractivity contribution is 0.281. The highest BCUT2D eigenvalue weighted by molar-refractivity contribution is 6.30. The molecule has 0 amide bonds. The fourth-order valence-corrected chi connectivity index (χ4v) is 4.52. The lowest BCUT2D eigenvalue weighted by atomic mass is 9.90. The van der Waals surface area contributed by atoms with Crippen LogP contribution in [0.4, 0.5) is 0 Å². The zero-order valence-electron chi connectivity index (χ0n) is 19.0. The normalized spacial score (nSPS) is 19.1. The van der Waals surface area contributed by atoms with E-state index >= 15 is 0 Å². The Morgan fingerprint density at radius 3 is 2.45 bits per heavy atom. The van der Waals surface area contributed by atoms with Gasteiger partial charge in [-0.2, -0.15) is 0 Å². The van der Waals surface area contributed by atoms with Gasteiger partial charge in [0, 0.05) is 18.0 Å². The third-order valence-corrected chi connectivity index (χ3v) is 6.31. The van der Waals surface area contributed by atoms with Gasteiger partial charge >= 0.3 is 0 Å². The molecule has 0 bridgehead atoms. The summed E-state index contributed by atoms with van der Waals surface area (Å²) in [5.41, 5.74) is 2.93. The third-order valence-electron chi connectivity index (χ3n) is 6.07. The van der Waals surface area contributed by atoms with Crippen molar-refractivity contribution >= 4 is 23.4 Å². The van der Waals surface area contributed by atoms with Crippen molar-refractivity contribution in [1.29, 1.82) is 5.41 Å². The second-order valence-corrected chi connectivity index (χ2v) is 8.89. The summed E-state index contributed by atoms with van der Waals surface area (Å²) in [6.45, 7) is 3.39. The SMILES string of the molecule is COc1cccc(CC2(C)/C(=N/Cc3ccccc3)NC(=N)N2CCc2cccc(Cl)c2)c1. The van der Waals surface area contributed by atoms with Gasteiger partial charge in [-0.3, -0.25) is 10.4 Å². The minimum absolute atomic E-state index is 0.370. The number of methoxy groups -OCH3 is 1. The Bertz CT molecular complexity index is 1150. The summed E-state index contributed by atoms with van der Waals surface area (Å²) in [5.74, 6) is 2.00. The van der Waals surface area contributed by atoms with Gasteiger partial charge in [0.25, 0.3) is 0 Å². The van der Waals surface area contributed by atoms with Gasteiger partial charge in [-0.25, -0.2) is 0 Å². The Hall–Kier alpha value is -3.31. The monoisotopic (exact) mass is 460 g/mol. The summed E-state index contributed by atoms with van der Waals surface area (Å²) in [6, 6.07) is 26.2. The van der Waals surface area contributed by atoms with Crippen molar-refractivity contribution < 1.29 is 4.74 Å². The number of guanidine groups is 1. The first kappa shape index (κ1) is 22.9. The first-order chi connectivity index (χ1) is 16.0. The Kier molecular flexibility index (Phi) is 6.99. The predicted octanol–water partition coefficient (Wildman–Crippen LogP) is 5.33. The molecule has 3 aromatic carbocycles. The first-order valence-electron chi connectivity index (χ1n) is 11.1. The molecule has 170 valence electrons. The average Bonchev–Trinajstić information content (AvgIpc) is 3.05. The van der Waals surface area contributed by atoms with Crippen molar-refractivity contribution in [3.63, 3.8) is 0 Å². The summed E-state index contributed by atoms with van der Waals surface area (Å²) in [7, 11) is 1.68. The maximum absolute atomic E-state index is 8.71. The molecule has 1 aliphatic heterocycles. The van der Waals surface area contributed by atoms with Gasteiger partial charge in [-0.05, 0) is 54.3 Å². The van der Waals surface area contributed by atoms with E-state index in [-0.39, 0.29) is 0 Å². The Labute approximate surface area is 200 Å². The van der Waals surface area contributed by atoms with Gasteiger partial charge in [0.2, 0.25) is 0 Å². The van der Waals surface area contributed by atoms with Crippen LogP contribution in [-0.4, -0.2) is 35.9 Å². The van der Waals surface area contributed by atoms with Gasteiger partial charge in [0.05, 0.1) is 13.7 Å². The number of rotatable bonds is 8. The van der Waals surface area contributed by atoms with Crippen LogP contribution >= 0.6 is 11.6 Å². The molecule has 1 saturated heterocycles. The molecule has 5 nitrogen and oxygen atoms in total. The first-order valence-corrected chi connectivity index (χ1v) is 11.5. The van der Waals surface area contributed by atoms with E-state index in [1.165, 1.54) is 0 Å². The quantitative estimate of drug-likeness (QED) is 0.477. The van der Waals surface area contributed by atoms with Crippen molar-refractivity contribution in [2.75, 3.05) is 13.7 Å². The zero-order valence-corrected chi connectivity index (χ0v) is 19.8. The van der Waals surface area contributed by atoms with E-state index < -0.39 is 5.54 Å². The van der Waals surface area contributed by atoms with E-state index in [0.717, 1.165) is 39.7 Å². The van der Waals surface area contributed by atoms with Crippen LogP contribution in [0.15, 0.2) is 83.9 Å². The molecule has 0 spiro atoms. The molecule has 1 unspecified atom stereocenters. The summed E-state index contributed by atoms with van der Waals surface area (Å²) >= 11 is 6.18. The van der Waals surface area contributed by atoms with Gasteiger partial charge in [-0.1, -0.05) is 66.2 Å². The average molecular weight is 461 g/mol. The Morgan fingerprint density at radius 2 is 1.70 bits per heavy atom. The molecule has 1 aliphatic rings. The summed E-state index contributed by atoms with van der Waals surface area (Å²) in [4.78, 5) is 7.03. The second-order valence-electron chi connectivity index (χ2n) is 8.46. The summed E-state index contributed by atoms with van der Waals surface area (Å²) < 4.78 is 5.43. The highest BCUT2D eigenvalue weighted by Gasteiger charge is 2.45. The molecule has 0 aliphatic carbocycles. The number of hydrogen-bond acceptors (Lipinski definition) is 3. The third kappa shape index (κ3) is 5.37. The van der Waals surface area contributed by atoms with Crippen LogP contribution in [0.5, 0.6) is 5.75 Å². The van der Waals surface area contributed by atoms with Gasteiger partial charge < -0.3 is 15.0 Å². The number of halogens is 1. The molecule has 1 heterocycles. The largest absolute Gasteiger partial charge is 0.497 e. The van der Waals surface area contributed by atoms with Crippen LogP contribution in [0.2, 0.25) is 5.02 Å². The fourth-order valence-electron chi connectivity index (χ4n) is 4.30. The van der Waals surface area contributed by atoms with Crippen molar-refractivity contribution in [3.05, 3.63) is 101 Å². The van der Waals surface area contributed by atoms with E-state index in [1.54, 1.807) is 7.11 Å². The molecule has 33 heavy (non-hydrogen) atoms. The Morgan fingerprint density at radius 1 is 0.970 bits per heavy atom. The molecule has 3 aromatic rings. The zero-order chi connectivity index (χ0) is 23.3. The summed E-state index contributed by atoms with van der Waals surface area (Å²) in [5, 5.41) is 12.7. The van der Waals surface area contributed by atoms with Gasteiger partial charge in [0.1, 0.15) is 17.1 Å². The molecule has 6 heteroatoms. The van der Waals surface area contributed by atoms with E-state index in [1.807, 2.05) is 48.5 Å². The molecular weight excluding hydrogens is 432 g/mol. The van der Waals surface area contributed by atoms with Crippen LogP contribution in [0.3, 0.4) is 0 Å². The maximum atomic E-state index is 8.71. The van der Waals surface area contributed by atoms with Crippen molar-refractivity contribution in [3.8, 4) is 5.75 Å². The lowest BCUT2D eigenvalue weighted by Gasteiger charge is -2.35. The molecule has 4 rings (SSSR count). The van der Waals surface area contributed by atoms with Crippen LogP contribution < -0.4 is 10.1 Å². The van der Waals surface area contributed by atoms with Gasteiger partial charge in [-0.15, -0.1) is 0 Å². The smallest absolute Gasteiger partial charge is 0.197 e. The van der Waals surface area contributed by atoms with Gasteiger partial charge in [0.15, 0.2) is 5.96 Å². The topological polar surface area (TPSA) is 60.7 Å². The number of hydrogen-bond donors (Lipinski definition) is 2. The molecule has 2 N–H and O–H groups in total. The van der Waals surface area contributed by atoms with Crippen LogP contribution in [0.25, 0.3) is 0 Å². The number of amidine groups is 1. The molecule has 0 saturated carbocycles. The molecule has 1 fully saturated rings. The van der Waals surface area contributed by atoms with Crippen molar-refractivity contribution in [1.82, 2.24) is 10.2 Å². The minimum atomic E-state index is -0.489. The van der Waals surface area contributed by atoms with E-state index in [9.17, 15) is 0 Å². The van der Waals surface area contributed by atoms with Crippen molar-refractivity contribution in [2.45, 2.75) is 31.8 Å². The fraction of sp³-hybridized carbons (Fsp3) is 0.259. The second kappa shape index (κ2) is 10.1. The predicted molar refractivity (Wildman–Crippen MR) is 135 cm³/mol. The van der Waals surface area contributed by atoms with E-state index in [0.29, 0.717) is 25.5 Å². The molecule has 0 radical (unpaired) electrons. The summed E-state index contributed by atoms with van der Waals surface area (Å²) in [6.07, 6.45) is 1.48. The van der Waals surface area contributed by atoms with Crippen LogP contribution in [-0.2, 0) is 19.4 Å². The Balaban J connectivity index is 1.63. The number of benzene rings is 3. The number of aliphatic imine (C=N–C) groups is 1. The standard InChI is InChI=1S/C27H29ClN4O/c1-27(18-22-11-7-13-24(17-22)33-2)25(30-19-21-8-4-3-5-9-21)31-26(29)32(27)15-14-20-10-6-12-23(28)16-20/h3-13,16-17H,14-15,18-19H2,1-2H3,(H2,29,30,31). The van der Waals surface area contributed by atoms with Crippen molar-refractivity contribution in [2.24, 2.45) is 4.99 Å². The van der Waals surface area contributed by atoms with Crippen LogP contribution in [0, 0.1) is 5.41 Å². The van der Waals surface area contributed by atoms with Crippen LogP contribution in [0.1, 0.15) is 23.6 Å². The maximum Gasteiger partial charge on any atom is 0.197 e. The highest BCUT2D eigenvalue weighted by atomic mass is 35.5. The molecule has 0 aromatic heterocycles. The van der Waals surface area contributed by atoms with E-state index in [2.05, 4.69) is 47.5 Å². The van der Waals surface area contributed by atoms with E-state index in [4.69, 9.17) is 26.7 Å².